The predicted molar refractivity (Wildman–Crippen MR) is 320 cm³/mol. The van der Waals surface area contributed by atoms with Gasteiger partial charge in [0.2, 0.25) is 0 Å². The maximum Gasteiger partial charge on any atom is 0.306 e. The summed E-state index contributed by atoms with van der Waals surface area (Å²) in [5, 5.41) is 0. The highest BCUT2D eigenvalue weighted by Crippen LogP contribution is 2.14. The molecule has 0 heterocycles. The Kier molecular flexibility index (Phi) is 57.4. The van der Waals surface area contributed by atoms with E-state index in [1.54, 1.807) is 0 Å². The second-order valence-electron chi connectivity index (χ2n) is 19.5. The molecule has 0 aliphatic rings. The Bertz CT molecular complexity index is 1600. The van der Waals surface area contributed by atoms with Gasteiger partial charge in [-0.15, -0.1) is 0 Å². The molecule has 1 unspecified atom stereocenters. The lowest BCUT2D eigenvalue weighted by Gasteiger charge is -2.18. The fourth-order valence-electron chi connectivity index (χ4n) is 7.84. The number of carbonyl (C=O) groups is 3. The van der Waals surface area contributed by atoms with Crippen molar-refractivity contribution in [3.05, 3.63) is 134 Å². The molecular weight excluding hydrogens is 913 g/mol. The van der Waals surface area contributed by atoms with Crippen LogP contribution in [0.3, 0.4) is 0 Å². The van der Waals surface area contributed by atoms with Crippen LogP contribution in [-0.2, 0) is 28.6 Å². The summed E-state index contributed by atoms with van der Waals surface area (Å²) in [4.78, 5) is 38.0. The van der Waals surface area contributed by atoms with Crippen LogP contribution in [-0.4, -0.2) is 37.2 Å². The second-order valence-corrected chi connectivity index (χ2v) is 19.5. The van der Waals surface area contributed by atoms with Crippen molar-refractivity contribution < 1.29 is 28.6 Å². The van der Waals surface area contributed by atoms with Gasteiger partial charge in [-0.2, -0.15) is 0 Å². The number of hydrogen-bond acceptors (Lipinski definition) is 6. The molecule has 6 heteroatoms. The van der Waals surface area contributed by atoms with Crippen molar-refractivity contribution in [2.24, 2.45) is 0 Å². The van der Waals surface area contributed by atoms with E-state index in [2.05, 4.69) is 154 Å². The van der Waals surface area contributed by atoms with Crippen molar-refractivity contribution in [2.75, 3.05) is 13.2 Å². The topological polar surface area (TPSA) is 78.9 Å². The van der Waals surface area contributed by atoms with Gasteiger partial charge in [-0.05, 0) is 135 Å². The summed E-state index contributed by atoms with van der Waals surface area (Å²) in [6.45, 7) is 6.41. The van der Waals surface area contributed by atoms with Gasteiger partial charge in [0.25, 0.3) is 0 Å². The zero-order valence-electron chi connectivity index (χ0n) is 47.8. The van der Waals surface area contributed by atoms with Crippen molar-refractivity contribution in [3.63, 3.8) is 0 Å². The molecule has 0 aromatic carbocycles. The Morgan fingerprint density at radius 1 is 0.284 bits per heavy atom. The zero-order valence-corrected chi connectivity index (χ0v) is 47.8. The summed E-state index contributed by atoms with van der Waals surface area (Å²) >= 11 is 0. The summed E-state index contributed by atoms with van der Waals surface area (Å²) in [5.41, 5.74) is 0. The molecule has 0 bridgehead atoms. The first-order valence-corrected chi connectivity index (χ1v) is 30.2. The molecule has 0 aliphatic heterocycles. The van der Waals surface area contributed by atoms with E-state index >= 15 is 0 Å². The third kappa shape index (κ3) is 58.4. The fraction of sp³-hybridized carbons (Fsp3) is 0.632. The molecule has 0 aliphatic carbocycles. The molecule has 0 saturated carbocycles. The molecule has 0 rings (SSSR count). The van der Waals surface area contributed by atoms with Gasteiger partial charge in [0.1, 0.15) is 13.2 Å². The summed E-state index contributed by atoms with van der Waals surface area (Å²) in [6, 6.07) is 0. The van der Waals surface area contributed by atoms with Crippen LogP contribution in [0.1, 0.15) is 258 Å². The van der Waals surface area contributed by atoms with Crippen molar-refractivity contribution in [1.29, 1.82) is 0 Å². The van der Waals surface area contributed by atoms with Gasteiger partial charge in [0, 0.05) is 19.3 Å². The van der Waals surface area contributed by atoms with Gasteiger partial charge in [-0.25, -0.2) is 0 Å². The fourth-order valence-corrected chi connectivity index (χ4v) is 7.84. The molecule has 74 heavy (non-hydrogen) atoms. The monoisotopic (exact) mass is 1020 g/mol. The standard InChI is InChI=1S/C68H110O6/c1-4-7-10-13-16-19-22-24-25-26-27-28-29-30-31-32-33-34-35-36-37-38-39-40-41-42-43-45-46-49-52-55-58-61-67(70)73-64-65(63-72-66(69)60-57-54-51-48-21-18-15-12-9-6-3)74-68(71)62-59-56-53-50-47-44-23-20-17-14-11-8-5-2/h7,10,12,15-16,19-20,23-25,27-28,30-31,33-34,36-37,39-40,42-43,65H,4-6,8-9,11,13-14,17-18,21-22,26,29,32,35,38,41,44-64H2,1-3H3/b10-7-,15-12-,19-16-,23-20-,25-24-,28-27-,31-30-,34-33-,37-36-,40-39-,43-42-. The molecule has 0 radical (unpaired) electrons. The highest BCUT2D eigenvalue weighted by atomic mass is 16.6. The third-order valence-electron chi connectivity index (χ3n) is 12.3. The van der Waals surface area contributed by atoms with Gasteiger partial charge < -0.3 is 14.2 Å². The van der Waals surface area contributed by atoms with E-state index < -0.39 is 6.10 Å². The molecule has 1 atom stereocenters. The van der Waals surface area contributed by atoms with E-state index in [9.17, 15) is 14.4 Å². The molecule has 418 valence electrons. The largest absolute Gasteiger partial charge is 0.462 e. The lowest BCUT2D eigenvalue weighted by atomic mass is 10.1. The number of carbonyl (C=O) groups excluding carboxylic acids is 3. The minimum atomic E-state index is -0.796. The normalized spacial score (nSPS) is 13.1. The van der Waals surface area contributed by atoms with Crippen LogP contribution in [0.2, 0.25) is 0 Å². The highest BCUT2D eigenvalue weighted by molar-refractivity contribution is 5.71. The van der Waals surface area contributed by atoms with Crippen LogP contribution >= 0.6 is 0 Å². The molecule has 0 saturated heterocycles. The number of unbranched alkanes of at least 4 members (excludes halogenated alkanes) is 20. The van der Waals surface area contributed by atoms with Crippen LogP contribution in [0.25, 0.3) is 0 Å². The van der Waals surface area contributed by atoms with E-state index in [1.165, 1.54) is 51.4 Å². The van der Waals surface area contributed by atoms with Crippen LogP contribution in [0.4, 0.5) is 0 Å². The van der Waals surface area contributed by atoms with Gasteiger partial charge in [-0.3, -0.25) is 14.4 Å². The van der Waals surface area contributed by atoms with Crippen molar-refractivity contribution in [2.45, 2.75) is 264 Å². The van der Waals surface area contributed by atoms with E-state index in [-0.39, 0.29) is 31.1 Å². The molecule has 0 spiro atoms. The first kappa shape index (κ1) is 69.5. The summed E-state index contributed by atoms with van der Waals surface area (Å²) < 4.78 is 16.8. The van der Waals surface area contributed by atoms with Gasteiger partial charge in [0.05, 0.1) is 0 Å². The first-order chi connectivity index (χ1) is 36.5. The van der Waals surface area contributed by atoms with Crippen molar-refractivity contribution >= 4 is 17.9 Å². The summed E-state index contributed by atoms with van der Waals surface area (Å²) in [6.07, 6.45) is 86.0. The average Bonchev–Trinajstić information content (AvgIpc) is 3.40. The first-order valence-electron chi connectivity index (χ1n) is 30.2. The Labute approximate surface area is 455 Å². The lowest BCUT2D eigenvalue weighted by Crippen LogP contribution is -2.30. The van der Waals surface area contributed by atoms with Crippen molar-refractivity contribution in [3.8, 4) is 0 Å². The van der Waals surface area contributed by atoms with Crippen LogP contribution in [0, 0.1) is 0 Å². The molecule has 0 amide bonds. The maximum atomic E-state index is 12.8. The van der Waals surface area contributed by atoms with E-state index in [0.717, 1.165) is 167 Å². The third-order valence-corrected chi connectivity index (χ3v) is 12.3. The van der Waals surface area contributed by atoms with Crippen LogP contribution in [0.5, 0.6) is 0 Å². The van der Waals surface area contributed by atoms with Crippen LogP contribution in [0.15, 0.2) is 134 Å². The minimum absolute atomic E-state index is 0.0948. The quantitative estimate of drug-likeness (QED) is 0.0261. The molecule has 0 aromatic rings. The number of esters is 3. The number of hydrogen-bond donors (Lipinski definition) is 0. The highest BCUT2D eigenvalue weighted by Gasteiger charge is 2.19. The summed E-state index contributed by atoms with van der Waals surface area (Å²) in [5.74, 6) is -0.938. The molecule has 0 aromatic heterocycles. The molecule has 0 N–H and O–H groups in total. The van der Waals surface area contributed by atoms with Gasteiger partial charge in [-0.1, -0.05) is 238 Å². The Hall–Kier alpha value is -4.45. The Morgan fingerprint density at radius 3 is 0.892 bits per heavy atom. The second kappa shape index (κ2) is 61.1. The van der Waals surface area contributed by atoms with E-state index in [0.29, 0.717) is 19.3 Å². The zero-order chi connectivity index (χ0) is 53.6. The number of rotatable bonds is 53. The number of allylic oxidation sites excluding steroid dienone is 22. The van der Waals surface area contributed by atoms with Gasteiger partial charge in [0.15, 0.2) is 6.10 Å². The Balaban J connectivity index is 4.26. The predicted octanol–water partition coefficient (Wildman–Crippen LogP) is 20.6. The summed E-state index contributed by atoms with van der Waals surface area (Å²) in [7, 11) is 0. The smallest absolute Gasteiger partial charge is 0.306 e. The van der Waals surface area contributed by atoms with Gasteiger partial charge >= 0.3 is 17.9 Å². The van der Waals surface area contributed by atoms with E-state index in [4.69, 9.17) is 14.2 Å². The Morgan fingerprint density at radius 2 is 0.554 bits per heavy atom. The maximum absolute atomic E-state index is 12.8. The average molecular weight is 1020 g/mol. The molecular formula is C68H110O6. The molecule has 0 fully saturated rings. The van der Waals surface area contributed by atoms with Crippen molar-refractivity contribution in [1.82, 2.24) is 0 Å². The lowest BCUT2D eigenvalue weighted by molar-refractivity contribution is -0.167. The number of ether oxygens (including phenoxy) is 3. The van der Waals surface area contributed by atoms with Crippen LogP contribution < -0.4 is 0 Å². The molecule has 6 nitrogen and oxygen atoms in total. The van der Waals surface area contributed by atoms with E-state index in [1.807, 2.05) is 0 Å². The SMILES string of the molecule is CC/C=C\C/C=C\C/C=C\C/C=C\C/C=C\C/C=C\C/C=C\C/C=C\C/C=C\CCCCCCCC(=O)OCC(COC(=O)CCCCCCC/C=C\CCC)OC(=O)CCCCCCC/C=C\CCCCCC. The minimum Gasteiger partial charge on any atom is -0.462 e.